The molecule has 1 aliphatic rings. The zero-order chi connectivity index (χ0) is 15.4. The number of ketones is 1. The van der Waals surface area contributed by atoms with Crippen LogP contribution in [0.4, 0.5) is 0 Å². The monoisotopic (exact) mass is 286 g/mol. The Labute approximate surface area is 123 Å². The van der Waals surface area contributed by atoms with Crippen molar-refractivity contribution in [3.8, 4) is 0 Å². The smallest absolute Gasteiger partial charge is 0.233 e. The molecule has 2 rings (SSSR count). The number of hydrogen-bond acceptors (Lipinski definition) is 4. The summed E-state index contributed by atoms with van der Waals surface area (Å²) >= 11 is 0. The summed E-state index contributed by atoms with van der Waals surface area (Å²) in [7, 11) is 0. The second-order valence-corrected chi connectivity index (χ2v) is 5.26. The SMILES string of the molecule is C/C(N)=C\C(=O)C[C@H]1CC(=O)N(Cc2ccccc2)C1=O. The van der Waals surface area contributed by atoms with Gasteiger partial charge in [0.2, 0.25) is 11.8 Å². The van der Waals surface area contributed by atoms with Gasteiger partial charge in [0.25, 0.3) is 0 Å². The number of carbonyl (C=O) groups excluding carboxylic acids is 3. The van der Waals surface area contributed by atoms with Crippen molar-refractivity contribution in [3.05, 3.63) is 47.7 Å². The number of carbonyl (C=O) groups is 3. The summed E-state index contributed by atoms with van der Waals surface area (Å²) in [6.45, 7) is 1.87. The van der Waals surface area contributed by atoms with E-state index in [1.807, 2.05) is 30.3 Å². The van der Waals surface area contributed by atoms with Crippen molar-refractivity contribution < 1.29 is 14.4 Å². The lowest BCUT2D eigenvalue weighted by Crippen LogP contribution is -2.30. The van der Waals surface area contributed by atoms with Crippen molar-refractivity contribution in [2.75, 3.05) is 0 Å². The van der Waals surface area contributed by atoms with Crippen molar-refractivity contribution in [3.63, 3.8) is 0 Å². The molecular formula is C16H18N2O3. The molecule has 1 aromatic carbocycles. The van der Waals surface area contributed by atoms with E-state index in [9.17, 15) is 14.4 Å². The number of benzene rings is 1. The zero-order valence-electron chi connectivity index (χ0n) is 11.9. The van der Waals surface area contributed by atoms with E-state index in [1.54, 1.807) is 6.92 Å². The summed E-state index contributed by atoms with van der Waals surface area (Å²) < 4.78 is 0. The van der Waals surface area contributed by atoms with E-state index in [1.165, 1.54) is 11.0 Å². The van der Waals surface area contributed by atoms with E-state index < -0.39 is 5.92 Å². The fraction of sp³-hybridized carbons (Fsp3) is 0.312. The third-order valence-electron chi connectivity index (χ3n) is 3.36. The third-order valence-corrected chi connectivity index (χ3v) is 3.36. The van der Waals surface area contributed by atoms with Gasteiger partial charge < -0.3 is 5.73 Å². The molecule has 1 atom stereocenters. The highest BCUT2D eigenvalue weighted by molar-refractivity contribution is 6.05. The number of hydrogen-bond donors (Lipinski definition) is 1. The Bertz CT molecular complexity index is 589. The Hall–Kier alpha value is -2.43. The fourth-order valence-electron chi connectivity index (χ4n) is 2.40. The van der Waals surface area contributed by atoms with Crippen LogP contribution in [0.3, 0.4) is 0 Å². The molecule has 0 spiro atoms. The van der Waals surface area contributed by atoms with Crippen molar-refractivity contribution in [1.29, 1.82) is 0 Å². The summed E-state index contributed by atoms with van der Waals surface area (Å²) in [5.74, 6) is -1.29. The molecule has 1 heterocycles. The van der Waals surface area contributed by atoms with Gasteiger partial charge in [-0.15, -0.1) is 0 Å². The molecule has 1 saturated heterocycles. The first kappa shape index (κ1) is 15.0. The van der Waals surface area contributed by atoms with Gasteiger partial charge in [-0.05, 0) is 18.6 Å². The van der Waals surface area contributed by atoms with Crippen LogP contribution in [0.15, 0.2) is 42.1 Å². The molecule has 5 nitrogen and oxygen atoms in total. The number of likely N-dealkylation sites (tertiary alicyclic amines) is 1. The average molecular weight is 286 g/mol. The first-order valence-corrected chi connectivity index (χ1v) is 6.82. The summed E-state index contributed by atoms with van der Waals surface area (Å²) in [5, 5.41) is 0. The molecule has 1 aromatic rings. The number of nitrogens with two attached hydrogens (primary N) is 1. The molecular weight excluding hydrogens is 268 g/mol. The molecule has 5 heteroatoms. The van der Waals surface area contributed by atoms with Gasteiger partial charge in [0.05, 0.1) is 12.5 Å². The first-order chi connectivity index (χ1) is 9.97. The molecule has 0 unspecified atom stereocenters. The van der Waals surface area contributed by atoms with Gasteiger partial charge in [0.1, 0.15) is 0 Å². The standard InChI is InChI=1S/C16H18N2O3/c1-11(17)7-14(19)8-13-9-15(20)18(16(13)21)10-12-5-3-2-4-6-12/h2-7,13H,8-10,17H2,1H3/b11-7+/t13-/m0/s1. The number of allylic oxidation sites excluding steroid dienone is 2. The maximum atomic E-state index is 12.2. The number of imide groups is 1. The van der Waals surface area contributed by atoms with Gasteiger partial charge in [-0.2, -0.15) is 0 Å². The maximum absolute atomic E-state index is 12.2. The molecule has 0 radical (unpaired) electrons. The maximum Gasteiger partial charge on any atom is 0.233 e. The highest BCUT2D eigenvalue weighted by Crippen LogP contribution is 2.24. The minimum Gasteiger partial charge on any atom is -0.402 e. The largest absolute Gasteiger partial charge is 0.402 e. The minimum absolute atomic E-state index is 0.0321. The topological polar surface area (TPSA) is 80.5 Å². The Balaban J connectivity index is 2.03. The van der Waals surface area contributed by atoms with Crippen molar-refractivity contribution >= 4 is 17.6 Å². The Morgan fingerprint density at radius 3 is 2.62 bits per heavy atom. The van der Waals surface area contributed by atoms with Crippen LogP contribution in [0.25, 0.3) is 0 Å². The number of nitrogens with zero attached hydrogens (tertiary/aromatic N) is 1. The van der Waals surface area contributed by atoms with Crippen LogP contribution in [0.5, 0.6) is 0 Å². The van der Waals surface area contributed by atoms with Gasteiger partial charge in [-0.1, -0.05) is 30.3 Å². The van der Waals surface area contributed by atoms with Gasteiger partial charge in [0, 0.05) is 18.5 Å². The lowest BCUT2D eigenvalue weighted by molar-refractivity contribution is -0.140. The van der Waals surface area contributed by atoms with Crippen LogP contribution >= 0.6 is 0 Å². The van der Waals surface area contributed by atoms with Crippen LogP contribution in [-0.2, 0) is 20.9 Å². The van der Waals surface area contributed by atoms with Gasteiger partial charge in [0.15, 0.2) is 5.78 Å². The first-order valence-electron chi connectivity index (χ1n) is 6.82. The van der Waals surface area contributed by atoms with Gasteiger partial charge in [-0.25, -0.2) is 0 Å². The second kappa shape index (κ2) is 6.35. The van der Waals surface area contributed by atoms with E-state index in [0.29, 0.717) is 5.70 Å². The molecule has 21 heavy (non-hydrogen) atoms. The van der Waals surface area contributed by atoms with E-state index in [2.05, 4.69) is 0 Å². The fourth-order valence-corrected chi connectivity index (χ4v) is 2.40. The Kier molecular flexibility index (Phi) is 4.52. The van der Waals surface area contributed by atoms with E-state index in [-0.39, 0.29) is 37.0 Å². The lowest BCUT2D eigenvalue weighted by Gasteiger charge is -2.14. The molecule has 1 fully saturated rings. The Morgan fingerprint density at radius 1 is 1.33 bits per heavy atom. The molecule has 0 saturated carbocycles. The summed E-state index contributed by atoms with van der Waals surface area (Å²) in [4.78, 5) is 37.1. The van der Waals surface area contributed by atoms with E-state index in [0.717, 1.165) is 5.56 Å². The molecule has 2 N–H and O–H groups in total. The molecule has 0 aliphatic carbocycles. The Morgan fingerprint density at radius 2 is 2.00 bits per heavy atom. The molecule has 1 aliphatic heterocycles. The molecule has 2 amide bonds. The van der Waals surface area contributed by atoms with Crippen molar-refractivity contribution in [2.45, 2.75) is 26.3 Å². The van der Waals surface area contributed by atoms with Crippen LogP contribution in [0.2, 0.25) is 0 Å². The quantitative estimate of drug-likeness (QED) is 0.655. The highest BCUT2D eigenvalue weighted by atomic mass is 16.2. The lowest BCUT2D eigenvalue weighted by atomic mass is 10.0. The van der Waals surface area contributed by atoms with Crippen molar-refractivity contribution in [1.82, 2.24) is 4.90 Å². The van der Waals surface area contributed by atoms with Crippen molar-refractivity contribution in [2.24, 2.45) is 11.7 Å². The number of amides is 2. The van der Waals surface area contributed by atoms with Crippen LogP contribution in [0.1, 0.15) is 25.3 Å². The predicted molar refractivity (Wildman–Crippen MR) is 77.7 cm³/mol. The van der Waals surface area contributed by atoms with Gasteiger partial charge >= 0.3 is 0 Å². The van der Waals surface area contributed by atoms with E-state index in [4.69, 9.17) is 5.73 Å². The van der Waals surface area contributed by atoms with Gasteiger partial charge in [-0.3, -0.25) is 19.3 Å². The minimum atomic E-state index is -0.565. The highest BCUT2D eigenvalue weighted by Gasteiger charge is 2.38. The molecule has 0 bridgehead atoms. The second-order valence-electron chi connectivity index (χ2n) is 5.26. The molecule has 110 valence electrons. The number of rotatable bonds is 5. The summed E-state index contributed by atoms with van der Waals surface area (Å²) in [6, 6.07) is 9.31. The van der Waals surface area contributed by atoms with Crippen LogP contribution in [-0.4, -0.2) is 22.5 Å². The third kappa shape index (κ3) is 3.78. The normalized spacial score (nSPS) is 19.2. The summed E-state index contributed by atoms with van der Waals surface area (Å²) in [5.41, 5.74) is 6.73. The van der Waals surface area contributed by atoms with Crippen LogP contribution in [0, 0.1) is 5.92 Å². The average Bonchev–Trinajstić information content (AvgIpc) is 2.67. The predicted octanol–water partition coefficient (Wildman–Crippen LogP) is 1.38. The zero-order valence-corrected chi connectivity index (χ0v) is 11.9. The summed E-state index contributed by atoms with van der Waals surface area (Å²) in [6.07, 6.45) is 1.43. The van der Waals surface area contributed by atoms with E-state index >= 15 is 0 Å². The van der Waals surface area contributed by atoms with Crippen LogP contribution < -0.4 is 5.73 Å². The molecule has 0 aromatic heterocycles.